The van der Waals surface area contributed by atoms with Gasteiger partial charge in [-0.2, -0.15) is 0 Å². The normalized spacial score (nSPS) is 16.0. The molecular formula is C25H28FN5O2S. The van der Waals surface area contributed by atoms with Crippen LogP contribution < -0.4 is 15.5 Å². The molecule has 34 heavy (non-hydrogen) atoms. The van der Waals surface area contributed by atoms with Crippen molar-refractivity contribution < 1.29 is 14.0 Å². The third-order valence-corrected chi connectivity index (χ3v) is 6.87. The monoisotopic (exact) mass is 481 g/mol. The molecule has 178 valence electrons. The van der Waals surface area contributed by atoms with Crippen LogP contribution in [0, 0.1) is 5.82 Å². The first-order valence-electron chi connectivity index (χ1n) is 11.3. The lowest BCUT2D eigenvalue weighted by molar-refractivity contribution is -0.140. The maximum absolute atomic E-state index is 14.2. The van der Waals surface area contributed by atoms with E-state index in [2.05, 4.69) is 20.5 Å². The topological polar surface area (TPSA) is 77.6 Å². The van der Waals surface area contributed by atoms with E-state index in [1.807, 2.05) is 41.5 Å². The largest absolute Gasteiger partial charge is 0.367 e. The Kier molecular flexibility index (Phi) is 7.87. The summed E-state index contributed by atoms with van der Waals surface area (Å²) in [6.45, 7) is 4.87. The van der Waals surface area contributed by atoms with Gasteiger partial charge in [0.1, 0.15) is 5.82 Å². The summed E-state index contributed by atoms with van der Waals surface area (Å²) in [4.78, 5) is 34.6. The average Bonchev–Trinajstić information content (AvgIpc) is 3.38. The molecule has 1 aliphatic rings. The zero-order valence-electron chi connectivity index (χ0n) is 19.0. The van der Waals surface area contributed by atoms with E-state index in [0.29, 0.717) is 37.6 Å². The van der Waals surface area contributed by atoms with Gasteiger partial charge in [-0.3, -0.25) is 19.5 Å². The van der Waals surface area contributed by atoms with Gasteiger partial charge in [0, 0.05) is 43.3 Å². The van der Waals surface area contributed by atoms with Gasteiger partial charge in [-0.05, 0) is 42.6 Å². The number of aromatic nitrogens is 1. The van der Waals surface area contributed by atoms with Gasteiger partial charge in [0.05, 0.1) is 24.0 Å². The first-order valence-corrected chi connectivity index (χ1v) is 12.2. The average molecular weight is 482 g/mol. The highest BCUT2D eigenvalue weighted by molar-refractivity contribution is 7.10. The van der Waals surface area contributed by atoms with Crippen LogP contribution in [-0.2, 0) is 16.1 Å². The molecule has 2 aromatic heterocycles. The smallest absolute Gasteiger partial charge is 0.309 e. The fourth-order valence-corrected chi connectivity index (χ4v) is 5.22. The maximum atomic E-state index is 14.2. The standard InChI is InChI=1S/C25H28FN5O2S/c1-18(29-25(33)24(32)28-17-19-7-4-5-11-27-19)23(22-10-6-16-34-22)31-14-12-30(13-15-31)21-9-3-2-8-20(21)26/h2-11,16,18,23H,12-15,17H2,1H3,(H,28,32)(H,29,33)/t18-,23+/m1/s1. The first kappa shape index (κ1) is 23.8. The van der Waals surface area contributed by atoms with Crippen LogP contribution in [0.2, 0.25) is 0 Å². The molecule has 9 heteroatoms. The number of carbonyl (C=O) groups excluding carboxylic acids is 2. The van der Waals surface area contributed by atoms with Crippen molar-refractivity contribution in [1.29, 1.82) is 0 Å². The summed E-state index contributed by atoms with van der Waals surface area (Å²) < 4.78 is 14.2. The predicted molar refractivity (Wildman–Crippen MR) is 131 cm³/mol. The molecule has 1 fully saturated rings. The van der Waals surface area contributed by atoms with Crippen LogP contribution in [0.15, 0.2) is 66.2 Å². The molecule has 0 spiro atoms. The van der Waals surface area contributed by atoms with E-state index in [4.69, 9.17) is 0 Å². The zero-order chi connectivity index (χ0) is 23.9. The molecule has 0 bridgehead atoms. The lowest BCUT2D eigenvalue weighted by Crippen LogP contribution is -2.53. The number of rotatable bonds is 7. The molecule has 4 rings (SSSR count). The van der Waals surface area contributed by atoms with Crippen LogP contribution in [-0.4, -0.2) is 53.9 Å². The number of benzene rings is 1. The number of carbonyl (C=O) groups is 2. The third kappa shape index (κ3) is 5.78. The minimum atomic E-state index is -0.688. The zero-order valence-corrected chi connectivity index (χ0v) is 19.8. The highest BCUT2D eigenvalue weighted by atomic mass is 32.1. The van der Waals surface area contributed by atoms with E-state index in [9.17, 15) is 14.0 Å². The number of hydrogen-bond donors (Lipinski definition) is 2. The predicted octanol–water partition coefficient (Wildman–Crippen LogP) is 2.97. The summed E-state index contributed by atoms with van der Waals surface area (Å²) in [7, 11) is 0. The van der Waals surface area contributed by atoms with Gasteiger partial charge in [0.15, 0.2) is 0 Å². The highest BCUT2D eigenvalue weighted by Crippen LogP contribution is 2.30. The number of nitrogens with zero attached hydrogens (tertiary/aromatic N) is 3. The van der Waals surface area contributed by atoms with Crippen molar-refractivity contribution in [3.8, 4) is 0 Å². The van der Waals surface area contributed by atoms with Gasteiger partial charge in [0.25, 0.3) is 0 Å². The van der Waals surface area contributed by atoms with Crippen molar-refractivity contribution in [2.75, 3.05) is 31.1 Å². The lowest BCUT2D eigenvalue weighted by atomic mass is 10.0. The lowest BCUT2D eigenvalue weighted by Gasteiger charge is -2.42. The number of anilines is 1. The molecule has 7 nitrogen and oxygen atoms in total. The van der Waals surface area contributed by atoms with Crippen molar-refractivity contribution in [2.45, 2.75) is 25.6 Å². The van der Waals surface area contributed by atoms with Gasteiger partial charge in [-0.1, -0.05) is 24.3 Å². The number of pyridine rings is 1. The molecule has 3 aromatic rings. The van der Waals surface area contributed by atoms with Crippen molar-refractivity contribution in [2.24, 2.45) is 0 Å². The Bertz CT molecular complexity index is 1090. The molecule has 2 N–H and O–H groups in total. The fraction of sp³-hybridized carbons (Fsp3) is 0.320. The number of thiophene rings is 1. The van der Waals surface area contributed by atoms with E-state index in [0.717, 1.165) is 4.88 Å². The Morgan fingerprint density at radius 1 is 1.03 bits per heavy atom. The van der Waals surface area contributed by atoms with E-state index in [1.54, 1.807) is 41.8 Å². The van der Waals surface area contributed by atoms with E-state index in [-0.39, 0.29) is 24.4 Å². The van der Waals surface area contributed by atoms with Crippen molar-refractivity contribution >= 4 is 28.8 Å². The molecule has 1 aliphatic heterocycles. The summed E-state index contributed by atoms with van der Waals surface area (Å²) in [6.07, 6.45) is 1.64. The van der Waals surface area contributed by atoms with Crippen LogP contribution in [0.3, 0.4) is 0 Å². The molecule has 0 saturated carbocycles. The quantitative estimate of drug-likeness (QED) is 0.508. The minimum Gasteiger partial charge on any atom is -0.367 e. The van der Waals surface area contributed by atoms with Crippen LogP contribution >= 0.6 is 11.3 Å². The van der Waals surface area contributed by atoms with Gasteiger partial charge in [-0.15, -0.1) is 11.3 Å². The van der Waals surface area contributed by atoms with Crippen LogP contribution in [0.5, 0.6) is 0 Å². The molecule has 2 amide bonds. The van der Waals surface area contributed by atoms with Crippen LogP contribution in [0.1, 0.15) is 23.5 Å². The van der Waals surface area contributed by atoms with Gasteiger partial charge in [-0.25, -0.2) is 4.39 Å². The number of amides is 2. The number of piperazine rings is 1. The summed E-state index contributed by atoms with van der Waals surface area (Å²) in [6, 6.07) is 15.9. The van der Waals surface area contributed by atoms with Crippen molar-refractivity contribution in [3.05, 3.63) is 82.6 Å². The van der Waals surface area contributed by atoms with Crippen molar-refractivity contribution in [3.63, 3.8) is 0 Å². The van der Waals surface area contributed by atoms with Gasteiger partial charge >= 0.3 is 11.8 Å². The highest BCUT2D eigenvalue weighted by Gasteiger charge is 2.32. The molecular weight excluding hydrogens is 453 g/mol. The third-order valence-electron chi connectivity index (χ3n) is 5.93. The summed E-state index contributed by atoms with van der Waals surface area (Å²) in [5, 5.41) is 7.50. The number of para-hydroxylation sites is 1. The molecule has 1 aromatic carbocycles. The molecule has 0 aliphatic carbocycles. The summed E-state index contributed by atoms with van der Waals surface area (Å²) in [5.74, 6) is -1.58. The Morgan fingerprint density at radius 3 is 2.47 bits per heavy atom. The second-order valence-corrected chi connectivity index (χ2v) is 9.18. The SMILES string of the molecule is C[C@@H](NC(=O)C(=O)NCc1ccccn1)[C@@H](c1cccs1)N1CCN(c2ccccc2F)CC1. The molecule has 0 radical (unpaired) electrons. The summed E-state index contributed by atoms with van der Waals surface area (Å²) in [5.41, 5.74) is 1.29. The first-order chi connectivity index (χ1) is 16.5. The minimum absolute atomic E-state index is 0.0877. The van der Waals surface area contributed by atoms with E-state index >= 15 is 0 Å². The molecule has 3 heterocycles. The molecule has 1 saturated heterocycles. The fourth-order valence-electron chi connectivity index (χ4n) is 4.26. The van der Waals surface area contributed by atoms with Gasteiger partial charge in [0.2, 0.25) is 0 Å². The summed E-state index contributed by atoms with van der Waals surface area (Å²) >= 11 is 1.62. The Morgan fingerprint density at radius 2 is 1.79 bits per heavy atom. The second kappa shape index (κ2) is 11.2. The van der Waals surface area contributed by atoms with Gasteiger partial charge < -0.3 is 15.5 Å². The molecule has 0 unspecified atom stereocenters. The number of hydrogen-bond acceptors (Lipinski definition) is 6. The molecule has 2 atom stereocenters. The number of nitrogens with one attached hydrogen (secondary N) is 2. The number of halogens is 1. The Balaban J connectivity index is 1.38. The van der Waals surface area contributed by atoms with E-state index < -0.39 is 11.8 Å². The Hall–Kier alpha value is -3.30. The van der Waals surface area contributed by atoms with Crippen LogP contribution in [0.25, 0.3) is 0 Å². The van der Waals surface area contributed by atoms with Crippen LogP contribution in [0.4, 0.5) is 10.1 Å². The van der Waals surface area contributed by atoms with Crippen molar-refractivity contribution in [1.82, 2.24) is 20.5 Å². The van der Waals surface area contributed by atoms with E-state index in [1.165, 1.54) is 6.07 Å². The maximum Gasteiger partial charge on any atom is 0.309 e. The second-order valence-electron chi connectivity index (χ2n) is 8.20. The Labute approximate surface area is 202 Å².